The van der Waals surface area contributed by atoms with Crippen molar-refractivity contribution in [2.45, 2.75) is 52.2 Å². The van der Waals surface area contributed by atoms with Gasteiger partial charge < -0.3 is 30.9 Å². The molecule has 0 saturated carbocycles. The average Bonchev–Trinajstić information content (AvgIpc) is 2.76. The molecule has 12 heteroatoms. The Morgan fingerprint density at radius 1 is 1.42 bits per heavy atom. The van der Waals surface area contributed by atoms with E-state index in [1.807, 2.05) is 0 Å². The standard InChI is InChI=1S/C24H35ClF2N6O3/c1-14(10-28)11-31-12-18-20-15(8-9-33(18)23(34)36-24(2,3)4)16(25)6-7-19(20)35-13-17(29)21(22(26)27)32(5)30/h6-7,10-11,18,22,28,31H,8-9,12-13,29-30H2,1-5H3/b14-11-,21-17-,28-10?. The predicted molar refractivity (Wildman–Crippen MR) is 136 cm³/mol. The monoisotopic (exact) mass is 528 g/mol. The Morgan fingerprint density at radius 3 is 2.64 bits per heavy atom. The van der Waals surface area contributed by atoms with Crippen LogP contribution in [-0.4, -0.2) is 61.0 Å². The molecule has 6 N–H and O–H groups in total. The highest BCUT2D eigenvalue weighted by Crippen LogP contribution is 2.40. The molecule has 0 bridgehead atoms. The molecule has 0 saturated heterocycles. The number of benzene rings is 1. The Balaban J connectivity index is 2.51. The van der Waals surface area contributed by atoms with Gasteiger partial charge >= 0.3 is 6.09 Å². The van der Waals surface area contributed by atoms with E-state index < -0.39 is 29.9 Å². The van der Waals surface area contributed by atoms with Gasteiger partial charge in [0.05, 0.1) is 11.7 Å². The number of nitrogens with two attached hydrogens (primary N) is 2. The Hall–Kier alpha value is -3.05. The fourth-order valence-corrected chi connectivity index (χ4v) is 4.04. The van der Waals surface area contributed by atoms with Gasteiger partial charge in [0.2, 0.25) is 0 Å². The van der Waals surface area contributed by atoms with Crippen LogP contribution in [0.2, 0.25) is 5.02 Å². The highest BCUT2D eigenvalue weighted by atomic mass is 35.5. The van der Waals surface area contributed by atoms with E-state index in [4.69, 9.17) is 38.1 Å². The van der Waals surface area contributed by atoms with E-state index in [-0.39, 0.29) is 18.8 Å². The van der Waals surface area contributed by atoms with Gasteiger partial charge in [0, 0.05) is 43.1 Å². The third-order valence-electron chi connectivity index (χ3n) is 5.37. The molecule has 0 aromatic heterocycles. The van der Waals surface area contributed by atoms with Gasteiger partial charge in [-0.15, -0.1) is 0 Å². The number of amides is 1. The van der Waals surface area contributed by atoms with Crippen molar-refractivity contribution in [2.24, 2.45) is 11.6 Å². The molecule has 36 heavy (non-hydrogen) atoms. The largest absolute Gasteiger partial charge is 0.487 e. The van der Waals surface area contributed by atoms with Crippen molar-refractivity contribution in [3.8, 4) is 5.75 Å². The normalized spacial score (nSPS) is 16.8. The number of nitrogens with zero attached hydrogens (tertiary/aromatic N) is 2. The van der Waals surface area contributed by atoms with Crippen LogP contribution in [0.3, 0.4) is 0 Å². The molecule has 0 radical (unpaired) electrons. The molecular weight excluding hydrogens is 494 g/mol. The van der Waals surface area contributed by atoms with E-state index in [0.717, 1.165) is 10.6 Å². The molecule has 200 valence electrons. The van der Waals surface area contributed by atoms with Gasteiger partial charge in [-0.25, -0.2) is 19.4 Å². The number of alkyl halides is 2. The molecule has 1 amide bonds. The lowest BCUT2D eigenvalue weighted by molar-refractivity contribution is 0.0141. The van der Waals surface area contributed by atoms with Gasteiger partial charge in [0.1, 0.15) is 23.7 Å². The second-order valence-corrected chi connectivity index (χ2v) is 9.84. The van der Waals surface area contributed by atoms with Crippen LogP contribution in [0.15, 0.2) is 35.3 Å². The summed E-state index contributed by atoms with van der Waals surface area (Å²) in [6.45, 7) is 7.35. The van der Waals surface area contributed by atoms with Crippen molar-refractivity contribution >= 4 is 23.9 Å². The van der Waals surface area contributed by atoms with Crippen molar-refractivity contribution in [2.75, 3.05) is 26.7 Å². The van der Waals surface area contributed by atoms with Crippen molar-refractivity contribution < 1.29 is 23.0 Å². The average molecular weight is 529 g/mol. The Bertz CT molecular complexity index is 1010. The number of rotatable bonds is 9. The predicted octanol–water partition coefficient (Wildman–Crippen LogP) is 3.94. The number of hydrogen-bond donors (Lipinski definition) is 4. The number of halogens is 3. The number of ether oxygens (including phenoxy) is 2. The molecule has 1 unspecified atom stereocenters. The van der Waals surface area contributed by atoms with Crippen LogP contribution >= 0.6 is 11.6 Å². The SMILES string of the molecule is C/C(C=N)=C/NCC1c2c(OC/C(N)=C(\C(F)F)N(C)N)ccc(Cl)c2CCN1C(=O)OC(C)(C)C. The van der Waals surface area contributed by atoms with E-state index in [1.165, 1.54) is 13.3 Å². The van der Waals surface area contributed by atoms with Crippen LogP contribution in [0, 0.1) is 5.41 Å². The van der Waals surface area contributed by atoms with Crippen LogP contribution < -0.4 is 21.6 Å². The van der Waals surface area contributed by atoms with Gasteiger partial charge in [-0.1, -0.05) is 11.6 Å². The summed E-state index contributed by atoms with van der Waals surface area (Å²) in [6.07, 6.45) is -0.0978. The minimum absolute atomic E-state index is 0.224. The first kappa shape index (κ1) is 29.2. The molecule has 1 aromatic rings. The zero-order valence-corrected chi connectivity index (χ0v) is 22.0. The summed E-state index contributed by atoms with van der Waals surface area (Å²) in [6, 6.07) is 2.71. The molecular formula is C24H35ClF2N6O3. The van der Waals surface area contributed by atoms with E-state index >= 15 is 0 Å². The van der Waals surface area contributed by atoms with E-state index in [2.05, 4.69) is 5.32 Å². The van der Waals surface area contributed by atoms with E-state index in [1.54, 1.807) is 50.9 Å². The maximum Gasteiger partial charge on any atom is 0.410 e. The second kappa shape index (κ2) is 12.3. The van der Waals surface area contributed by atoms with Crippen LogP contribution in [0.25, 0.3) is 0 Å². The van der Waals surface area contributed by atoms with Gasteiger partial charge in [0.15, 0.2) is 0 Å². The molecule has 1 heterocycles. The fraction of sp³-hybridized carbons (Fsp3) is 0.500. The minimum atomic E-state index is -2.88. The van der Waals surface area contributed by atoms with Gasteiger partial charge in [-0.05, 0) is 57.4 Å². The number of carbonyl (C=O) groups excluding carboxylic acids is 1. The number of nitrogens with one attached hydrogen (secondary N) is 2. The van der Waals surface area contributed by atoms with Crippen LogP contribution in [0.5, 0.6) is 5.75 Å². The molecule has 0 aliphatic carbocycles. The number of hydrazine groups is 1. The van der Waals surface area contributed by atoms with Crippen molar-refractivity contribution in [1.82, 2.24) is 15.2 Å². The number of fused-ring (bicyclic) bond motifs is 1. The van der Waals surface area contributed by atoms with Gasteiger partial charge in [0.25, 0.3) is 6.43 Å². The summed E-state index contributed by atoms with van der Waals surface area (Å²) in [7, 11) is 1.27. The highest BCUT2D eigenvalue weighted by Gasteiger charge is 2.36. The zero-order valence-electron chi connectivity index (χ0n) is 21.2. The van der Waals surface area contributed by atoms with Crippen LogP contribution in [0.1, 0.15) is 44.9 Å². The lowest BCUT2D eigenvalue weighted by Crippen LogP contribution is -2.46. The zero-order chi connectivity index (χ0) is 27.2. The molecule has 1 aromatic carbocycles. The summed E-state index contributed by atoms with van der Waals surface area (Å²) in [5.74, 6) is 5.85. The third-order valence-corrected chi connectivity index (χ3v) is 5.72. The molecule has 1 aliphatic heterocycles. The molecule has 0 fully saturated rings. The highest BCUT2D eigenvalue weighted by molar-refractivity contribution is 6.31. The van der Waals surface area contributed by atoms with Crippen molar-refractivity contribution in [3.05, 3.63) is 51.4 Å². The van der Waals surface area contributed by atoms with E-state index in [9.17, 15) is 13.6 Å². The lowest BCUT2D eigenvalue weighted by Gasteiger charge is -2.39. The van der Waals surface area contributed by atoms with Crippen LogP contribution in [-0.2, 0) is 11.2 Å². The Kier molecular flexibility index (Phi) is 9.94. The number of carbonyl (C=O) groups is 1. The summed E-state index contributed by atoms with van der Waals surface area (Å²) >= 11 is 6.51. The minimum Gasteiger partial charge on any atom is -0.487 e. The molecule has 1 atom stereocenters. The Morgan fingerprint density at radius 2 is 2.08 bits per heavy atom. The first-order valence-corrected chi connectivity index (χ1v) is 11.7. The smallest absolute Gasteiger partial charge is 0.410 e. The molecule has 9 nitrogen and oxygen atoms in total. The summed E-state index contributed by atoms with van der Waals surface area (Å²) in [4.78, 5) is 14.7. The lowest BCUT2D eigenvalue weighted by atomic mass is 9.91. The first-order valence-electron chi connectivity index (χ1n) is 11.4. The molecule has 0 spiro atoms. The van der Waals surface area contributed by atoms with Crippen molar-refractivity contribution in [3.63, 3.8) is 0 Å². The van der Waals surface area contributed by atoms with Gasteiger partial charge in [-0.3, -0.25) is 4.90 Å². The molecule has 2 rings (SSSR count). The topological polar surface area (TPSA) is 130 Å². The van der Waals surface area contributed by atoms with Crippen LogP contribution in [0.4, 0.5) is 13.6 Å². The number of allylic oxidation sites excluding steroid dienone is 2. The third kappa shape index (κ3) is 7.47. The summed E-state index contributed by atoms with van der Waals surface area (Å²) in [5.41, 5.74) is 6.49. The fourth-order valence-electron chi connectivity index (χ4n) is 3.78. The van der Waals surface area contributed by atoms with Crippen molar-refractivity contribution in [1.29, 1.82) is 5.41 Å². The van der Waals surface area contributed by atoms with E-state index in [0.29, 0.717) is 34.9 Å². The second-order valence-electron chi connectivity index (χ2n) is 9.43. The maximum absolute atomic E-state index is 13.4. The van der Waals surface area contributed by atoms with Gasteiger partial charge in [-0.2, -0.15) is 0 Å². The quantitative estimate of drug-likeness (QED) is 0.217. The Labute approximate surface area is 215 Å². The maximum atomic E-state index is 13.4. The first-order chi connectivity index (χ1) is 16.8. The summed E-state index contributed by atoms with van der Waals surface area (Å²) in [5, 5.41) is 11.8. The molecule has 1 aliphatic rings. The summed E-state index contributed by atoms with van der Waals surface area (Å²) < 4.78 is 38.3. The number of hydrogen-bond acceptors (Lipinski definition) is 8.